The molecule has 1 saturated carbocycles. The first-order chi connectivity index (χ1) is 11.3. The van der Waals surface area contributed by atoms with Gasteiger partial charge in [-0.25, -0.2) is 9.67 Å². The zero-order valence-corrected chi connectivity index (χ0v) is 13.5. The fraction of sp³-hybridized carbons (Fsp3) is 0.625. The number of aryl methyl sites for hydroxylation is 1. The molecule has 23 heavy (non-hydrogen) atoms. The topological polar surface area (TPSA) is 71.8 Å². The van der Waals surface area contributed by atoms with Gasteiger partial charge in [-0.1, -0.05) is 0 Å². The molecule has 3 heterocycles. The molecule has 2 fully saturated rings. The number of nitrogens with zero attached hydrogens (tertiary/aromatic N) is 6. The molecule has 0 amide bonds. The van der Waals surface area contributed by atoms with Crippen molar-refractivity contribution in [3.8, 4) is 0 Å². The van der Waals surface area contributed by atoms with Crippen LogP contribution in [0.3, 0.4) is 0 Å². The Morgan fingerprint density at radius 1 is 1.30 bits per heavy atom. The van der Waals surface area contributed by atoms with Crippen LogP contribution in [-0.4, -0.2) is 49.7 Å². The molecule has 1 saturated heterocycles. The largest absolute Gasteiger partial charge is 0.370 e. The zero-order chi connectivity index (χ0) is 15.6. The molecule has 1 aliphatic carbocycles. The summed E-state index contributed by atoms with van der Waals surface area (Å²) in [4.78, 5) is 6.82. The number of pyridine rings is 1. The van der Waals surface area contributed by atoms with Gasteiger partial charge in [0.2, 0.25) is 0 Å². The van der Waals surface area contributed by atoms with Gasteiger partial charge >= 0.3 is 0 Å². The number of anilines is 1. The average Bonchev–Trinajstić information content (AvgIpc) is 3.12. The summed E-state index contributed by atoms with van der Waals surface area (Å²) in [5.41, 5.74) is 1.24. The SMILES string of the molecule is Cc1ccnc(NCC2CCN(Cc3nnnn3C3CC3)C2)c1. The number of aromatic nitrogens is 5. The van der Waals surface area contributed by atoms with Gasteiger partial charge in [-0.3, -0.25) is 4.90 Å². The van der Waals surface area contributed by atoms with Crippen molar-refractivity contribution >= 4 is 5.82 Å². The summed E-state index contributed by atoms with van der Waals surface area (Å²) < 4.78 is 2.02. The standard InChI is InChI=1S/C16H23N7/c1-12-4-6-17-15(8-12)18-9-13-5-7-22(10-13)11-16-19-20-21-23(16)14-2-3-14/h4,6,8,13-14H,2-3,5,7,9-11H2,1H3,(H,17,18). The van der Waals surface area contributed by atoms with Crippen LogP contribution in [0.15, 0.2) is 18.3 Å². The summed E-state index contributed by atoms with van der Waals surface area (Å²) in [6, 6.07) is 4.66. The maximum atomic E-state index is 4.36. The zero-order valence-electron chi connectivity index (χ0n) is 13.5. The lowest BCUT2D eigenvalue weighted by Crippen LogP contribution is -2.24. The first-order valence-electron chi connectivity index (χ1n) is 8.43. The fourth-order valence-electron chi connectivity index (χ4n) is 3.22. The third-order valence-electron chi connectivity index (χ3n) is 4.68. The Morgan fingerprint density at radius 2 is 2.22 bits per heavy atom. The first-order valence-corrected chi connectivity index (χ1v) is 8.43. The van der Waals surface area contributed by atoms with E-state index >= 15 is 0 Å². The van der Waals surface area contributed by atoms with Gasteiger partial charge in [0.05, 0.1) is 12.6 Å². The molecular formula is C16H23N7. The molecule has 7 nitrogen and oxygen atoms in total. The molecule has 122 valence electrons. The van der Waals surface area contributed by atoms with Crippen LogP contribution in [0.25, 0.3) is 0 Å². The molecule has 0 aromatic carbocycles. The van der Waals surface area contributed by atoms with Gasteiger partial charge in [0.1, 0.15) is 5.82 Å². The van der Waals surface area contributed by atoms with E-state index in [0.717, 1.165) is 37.8 Å². The van der Waals surface area contributed by atoms with Crippen LogP contribution in [-0.2, 0) is 6.54 Å². The van der Waals surface area contributed by atoms with Crippen LogP contribution in [0.2, 0.25) is 0 Å². The highest BCUT2D eigenvalue weighted by Gasteiger charge is 2.29. The van der Waals surface area contributed by atoms with E-state index in [1.165, 1.54) is 24.8 Å². The molecule has 1 atom stereocenters. The summed E-state index contributed by atoms with van der Waals surface area (Å²) in [6.07, 6.45) is 5.50. The number of nitrogens with one attached hydrogen (secondary N) is 1. The second-order valence-corrected chi connectivity index (χ2v) is 6.76. The van der Waals surface area contributed by atoms with Crippen LogP contribution in [0.1, 0.15) is 36.7 Å². The Bertz CT molecular complexity index is 664. The van der Waals surface area contributed by atoms with E-state index in [9.17, 15) is 0 Å². The van der Waals surface area contributed by atoms with Crippen molar-refractivity contribution in [2.75, 3.05) is 25.0 Å². The highest BCUT2D eigenvalue weighted by molar-refractivity contribution is 5.36. The molecule has 0 bridgehead atoms. The second-order valence-electron chi connectivity index (χ2n) is 6.76. The van der Waals surface area contributed by atoms with Crippen LogP contribution < -0.4 is 5.32 Å². The highest BCUT2D eigenvalue weighted by Crippen LogP contribution is 2.34. The number of likely N-dealkylation sites (tertiary alicyclic amines) is 1. The Morgan fingerprint density at radius 3 is 3.04 bits per heavy atom. The van der Waals surface area contributed by atoms with E-state index in [2.05, 4.69) is 43.7 Å². The molecule has 1 N–H and O–H groups in total. The van der Waals surface area contributed by atoms with Gasteiger partial charge in [0, 0.05) is 19.3 Å². The van der Waals surface area contributed by atoms with Crippen LogP contribution in [0.4, 0.5) is 5.82 Å². The van der Waals surface area contributed by atoms with E-state index in [4.69, 9.17) is 0 Å². The van der Waals surface area contributed by atoms with Gasteiger partial charge < -0.3 is 5.32 Å². The minimum atomic E-state index is 0.549. The van der Waals surface area contributed by atoms with E-state index in [-0.39, 0.29) is 0 Å². The van der Waals surface area contributed by atoms with Crippen LogP contribution in [0, 0.1) is 12.8 Å². The molecular weight excluding hydrogens is 290 g/mol. The number of hydrogen-bond acceptors (Lipinski definition) is 6. The van der Waals surface area contributed by atoms with Gasteiger partial charge in [-0.05, 0) is 66.8 Å². The molecule has 0 spiro atoms. The first kappa shape index (κ1) is 14.6. The smallest absolute Gasteiger partial charge is 0.165 e. The fourth-order valence-corrected chi connectivity index (χ4v) is 3.22. The second kappa shape index (κ2) is 6.23. The van der Waals surface area contributed by atoms with Crippen molar-refractivity contribution in [2.24, 2.45) is 5.92 Å². The summed E-state index contributed by atoms with van der Waals surface area (Å²) >= 11 is 0. The van der Waals surface area contributed by atoms with Crippen molar-refractivity contribution in [3.63, 3.8) is 0 Å². The van der Waals surface area contributed by atoms with Gasteiger partial charge in [0.15, 0.2) is 5.82 Å². The normalized spacial score (nSPS) is 21.7. The van der Waals surface area contributed by atoms with E-state index < -0.39 is 0 Å². The Balaban J connectivity index is 1.28. The van der Waals surface area contributed by atoms with E-state index in [1.54, 1.807) is 0 Å². The third-order valence-corrected chi connectivity index (χ3v) is 4.68. The third kappa shape index (κ3) is 3.50. The quantitative estimate of drug-likeness (QED) is 0.874. The molecule has 2 aromatic rings. The highest BCUT2D eigenvalue weighted by atomic mass is 15.6. The number of hydrogen-bond donors (Lipinski definition) is 1. The number of rotatable bonds is 6. The summed E-state index contributed by atoms with van der Waals surface area (Å²) in [7, 11) is 0. The Kier molecular flexibility index (Phi) is 3.95. The van der Waals surface area contributed by atoms with Crippen molar-refractivity contribution in [3.05, 3.63) is 29.7 Å². The lowest BCUT2D eigenvalue weighted by molar-refractivity contribution is 0.302. The summed E-state index contributed by atoms with van der Waals surface area (Å²) in [6.45, 7) is 6.14. The molecule has 2 aromatic heterocycles. The van der Waals surface area contributed by atoms with Crippen LogP contribution in [0.5, 0.6) is 0 Å². The molecule has 4 rings (SSSR count). The van der Waals surface area contributed by atoms with Crippen molar-refractivity contribution in [1.29, 1.82) is 0 Å². The molecule has 1 unspecified atom stereocenters. The Labute approximate surface area is 136 Å². The predicted octanol–water partition coefficient (Wildman–Crippen LogP) is 1.65. The van der Waals surface area contributed by atoms with Gasteiger partial charge in [-0.15, -0.1) is 5.10 Å². The molecule has 7 heteroatoms. The maximum Gasteiger partial charge on any atom is 0.165 e. The predicted molar refractivity (Wildman–Crippen MR) is 86.9 cm³/mol. The van der Waals surface area contributed by atoms with Crippen LogP contribution >= 0.6 is 0 Å². The van der Waals surface area contributed by atoms with Gasteiger partial charge in [-0.2, -0.15) is 0 Å². The van der Waals surface area contributed by atoms with E-state index in [0.29, 0.717) is 12.0 Å². The van der Waals surface area contributed by atoms with Gasteiger partial charge in [0.25, 0.3) is 0 Å². The lowest BCUT2D eigenvalue weighted by Gasteiger charge is -2.16. The maximum absolute atomic E-state index is 4.36. The van der Waals surface area contributed by atoms with Crippen molar-refractivity contribution < 1.29 is 0 Å². The molecule has 2 aliphatic rings. The number of tetrazole rings is 1. The van der Waals surface area contributed by atoms with E-state index in [1.807, 2.05) is 16.9 Å². The summed E-state index contributed by atoms with van der Waals surface area (Å²) in [5.74, 6) is 2.64. The van der Waals surface area contributed by atoms with Crippen molar-refractivity contribution in [2.45, 2.75) is 38.8 Å². The van der Waals surface area contributed by atoms with Crippen molar-refractivity contribution in [1.82, 2.24) is 30.1 Å². The summed E-state index contributed by atoms with van der Waals surface area (Å²) in [5, 5.41) is 15.6. The monoisotopic (exact) mass is 313 g/mol. The minimum Gasteiger partial charge on any atom is -0.370 e. The Hall–Kier alpha value is -2.02. The molecule has 1 aliphatic heterocycles. The minimum absolute atomic E-state index is 0.549. The lowest BCUT2D eigenvalue weighted by atomic mass is 10.1. The average molecular weight is 313 g/mol. The molecule has 0 radical (unpaired) electrons.